The lowest BCUT2D eigenvalue weighted by molar-refractivity contribution is -0.126. The summed E-state index contributed by atoms with van der Waals surface area (Å²) in [6.45, 7) is 3.15. The summed E-state index contributed by atoms with van der Waals surface area (Å²) in [4.78, 5) is 12.0. The van der Waals surface area contributed by atoms with Gasteiger partial charge in [-0.2, -0.15) is 0 Å². The Morgan fingerprint density at radius 1 is 1.12 bits per heavy atom. The van der Waals surface area contributed by atoms with Gasteiger partial charge in [-0.3, -0.25) is 4.79 Å². The van der Waals surface area contributed by atoms with Gasteiger partial charge >= 0.3 is 0 Å². The van der Waals surface area contributed by atoms with E-state index in [9.17, 15) is 4.79 Å². The molecule has 2 atom stereocenters. The zero-order valence-corrected chi connectivity index (χ0v) is 10.3. The second-order valence-corrected chi connectivity index (χ2v) is 5.43. The fourth-order valence-electron chi connectivity index (χ4n) is 2.81. The first-order chi connectivity index (χ1) is 7.75. The van der Waals surface area contributed by atoms with Crippen molar-refractivity contribution in [3.8, 4) is 0 Å². The SMILES string of the molecule is CC1CCC(NC(=O)C2CCCCC2)CN1. The molecule has 3 heteroatoms. The summed E-state index contributed by atoms with van der Waals surface area (Å²) >= 11 is 0. The zero-order chi connectivity index (χ0) is 11.4. The number of carbonyl (C=O) groups excluding carboxylic acids is 1. The second-order valence-electron chi connectivity index (χ2n) is 5.43. The third-order valence-corrected chi connectivity index (χ3v) is 3.98. The number of amides is 1. The molecule has 0 aromatic rings. The number of rotatable bonds is 2. The first-order valence-electron chi connectivity index (χ1n) is 6.79. The molecule has 2 aliphatic rings. The Hall–Kier alpha value is -0.570. The van der Waals surface area contributed by atoms with Crippen LogP contribution in [0.4, 0.5) is 0 Å². The molecule has 2 unspecified atom stereocenters. The van der Waals surface area contributed by atoms with Gasteiger partial charge in [0.15, 0.2) is 0 Å². The standard InChI is InChI=1S/C13H24N2O/c1-10-7-8-12(9-14-10)15-13(16)11-5-3-2-4-6-11/h10-12,14H,2-9H2,1H3,(H,15,16). The first-order valence-corrected chi connectivity index (χ1v) is 6.79. The maximum Gasteiger partial charge on any atom is 0.223 e. The van der Waals surface area contributed by atoms with Crippen molar-refractivity contribution in [1.82, 2.24) is 10.6 Å². The molecule has 3 nitrogen and oxygen atoms in total. The fourth-order valence-corrected chi connectivity index (χ4v) is 2.81. The van der Waals surface area contributed by atoms with Crippen LogP contribution in [-0.4, -0.2) is 24.5 Å². The predicted octanol–water partition coefficient (Wildman–Crippen LogP) is 1.82. The van der Waals surface area contributed by atoms with Gasteiger partial charge in [-0.1, -0.05) is 19.3 Å². The van der Waals surface area contributed by atoms with Crippen molar-refractivity contribution < 1.29 is 4.79 Å². The van der Waals surface area contributed by atoms with Crippen molar-refractivity contribution in [3.63, 3.8) is 0 Å². The normalized spacial score (nSPS) is 32.3. The summed E-state index contributed by atoms with van der Waals surface area (Å²) in [5.41, 5.74) is 0. The van der Waals surface area contributed by atoms with Crippen LogP contribution in [0.3, 0.4) is 0 Å². The van der Waals surface area contributed by atoms with Gasteiger partial charge in [-0.25, -0.2) is 0 Å². The Morgan fingerprint density at radius 2 is 1.88 bits per heavy atom. The van der Waals surface area contributed by atoms with Crippen molar-refractivity contribution in [3.05, 3.63) is 0 Å². The summed E-state index contributed by atoms with van der Waals surface area (Å²) in [7, 11) is 0. The lowest BCUT2D eigenvalue weighted by atomic mass is 9.88. The quantitative estimate of drug-likeness (QED) is 0.751. The minimum absolute atomic E-state index is 0.299. The van der Waals surface area contributed by atoms with Crippen LogP contribution < -0.4 is 10.6 Å². The zero-order valence-electron chi connectivity index (χ0n) is 10.3. The van der Waals surface area contributed by atoms with E-state index in [0.717, 1.165) is 25.8 Å². The molecule has 0 aromatic carbocycles. The minimum atomic E-state index is 0.299. The highest BCUT2D eigenvalue weighted by atomic mass is 16.1. The van der Waals surface area contributed by atoms with Gasteiger partial charge < -0.3 is 10.6 Å². The molecule has 0 bridgehead atoms. The Bertz CT molecular complexity index is 228. The Morgan fingerprint density at radius 3 is 2.50 bits per heavy atom. The van der Waals surface area contributed by atoms with Gasteiger partial charge in [-0.15, -0.1) is 0 Å². The maximum absolute atomic E-state index is 12.0. The van der Waals surface area contributed by atoms with Gasteiger partial charge in [0.2, 0.25) is 5.91 Å². The molecular weight excluding hydrogens is 200 g/mol. The molecule has 2 rings (SSSR count). The molecule has 1 heterocycles. The highest BCUT2D eigenvalue weighted by Crippen LogP contribution is 2.24. The molecule has 2 fully saturated rings. The lowest BCUT2D eigenvalue weighted by Crippen LogP contribution is -2.50. The summed E-state index contributed by atoms with van der Waals surface area (Å²) in [6.07, 6.45) is 8.29. The minimum Gasteiger partial charge on any atom is -0.352 e. The summed E-state index contributed by atoms with van der Waals surface area (Å²) < 4.78 is 0. The van der Waals surface area contributed by atoms with E-state index in [0.29, 0.717) is 23.9 Å². The average molecular weight is 224 g/mol. The van der Waals surface area contributed by atoms with Crippen molar-refractivity contribution in [2.75, 3.05) is 6.54 Å². The molecule has 0 aromatic heterocycles. The van der Waals surface area contributed by atoms with Crippen molar-refractivity contribution in [2.24, 2.45) is 5.92 Å². The van der Waals surface area contributed by atoms with E-state index in [1.807, 2.05) is 0 Å². The monoisotopic (exact) mass is 224 g/mol. The molecule has 1 aliphatic heterocycles. The smallest absolute Gasteiger partial charge is 0.223 e. The fraction of sp³-hybridized carbons (Fsp3) is 0.923. The summed E-state index contributed by atoms with van der Waals surface area (Å²) in [6, 6.07) is 0.980. The molecule has 1 saturated heterocycles. The number of carbonyl (C=O) groups is 1. The molecule has 16 heavy (non-hydrogen) atoms. The van der Waals surface area contributed by atoms with Gasteiger partial charge in [-0.05, 0) is 32.6 Å². The van der Waals surface area contributed by atoms with Gasteiger partial charge in [0, 0.05) is 24.5 Å². The van der Waals surface area contributed by atoms with Crippen molar-refractivity contribution >= 4 is 5.91 Å². The summed E-state index contributed by atoms with van der Waals surface area (Å²) in [5, 5.41) is 6.63. The van der Waals surface area contributed by atoms with E-state index in [-0.39, 0.29) is 0 Å². The molecule has 92 valence electrons. The van der Waals surface area contributed by atoms with Crippen LogP contribution in [0.5, 0.6) is 0 Å². The maximum atomic E-state index is 12.0. The van der Waals surface area contributed by atoms with Crippen molar-refractivity contribution in [1.29, 1.82) is 0 Å². The van der Waals surface area contributed by atoms with E-state index >= 15 is 0 Å². The number of hydrogen-bond donors (Lipinski definition) is 2. The van der Waals surface area contributed by atoms with E-state index in [1.54, 1.807) is 0 Å². The Labute approximate surface area is 98.4 Å². The van der Waals surface area contributed by atoms with Crippen LogP contribution in [0, 0.1) is 5.92 Å². The van der Waals surface area contributed by atoms with Gasteiger partial charge in [0.25, 0.3) is 0 Å². The molecule has 1 saturated carbocycles. The number of nitrogens with one attached hydrogen (secondary N) is 2. The van der Waals surface area contributed by atoms with Crippen molar-refractivity contribution in [2.45, 2.75) is 64.0 Å². The van der Waals surface area contributed by atoms with Crippen LogP contribution in [0.2, 0.25) is 0 Å². The topological polar surface area (TPSA) is 41.1 Å². The van der Waals surface area contributed by atoms with Crippen LogP contribution in [-0.2, 0) is 4.79 Å². The van der Waals surface area contributed by atoms with Gasteiger partial charge in [0.1, 0.15) is 0 Å². The lowest BCUT2D eigenvalue weighted by Gasteiger charge is -2.30. The predicted molar refractivity (Wildman–Crippen MR) is 65.2 cm³/mol. The summed E-state index contributed by atoms with van der Waals surface area (Å²) in [5.74, 6) is 0.606. The van der Waals surface area contributed by atoms with Gasteiger partial charge in [0.05, 0.1) is 0 Å². The molecule has 1 amide bonds. The van der Waals surface area contributed by atoms with Crippen LogP contribution in [0.1, 0.15) is 51.9 Å². The third kappa shape index (κ3) is 3.21. The largest absolute Gasteiger partial charge is 0.352 e. The molecule has 1 aliphatic carbocycles. The van der Waals surface area contributed by atoms with E-state index < -0.39 is 0 Å². The second kappa shape index (κ2) is 5.67. The molecule has 2 N–H and O–H groups in total. The molecular formula is C13H24N2O. The van der Waals surface area contributed by atoms with Crippen LogP contribution in [0.15, 0.2) is 0 Å². The molecule has 0 radical (unpaired) electrons. The van der Waals surface area contributed by atoms with E-state index in [4.69, 9.17) is 0 Å². The van der Waals surface area contributed by atoms with Crippen LogP contribution >= 0.6 is 0 Å². The third-order valence-electron chi connectivity index (χ3n) is 3.98. The Balaban J connectivity index is 1.73. The first kappa shape index (κ1) is 11.9. The van der Waals surface area contributed by atoms with E-state index in [1.165, 1.54) is 25.7 Å². The number of hydrogen-bond acceptors (Lipinski definition) is 2. The highest BCUT2D eigenvalue weighted by Gasteiger charge is 2.25. The average Bonchev–Trinajstić information content (AvgIpc) is 2.33. The molecule has 0 spiro atoms. The highest BCUT2D eigenvalue weighted by molar-refractivity contribution is 5.79. The Kier molecular flexibility index (Phi) is 4.22. The van der Waals surface area contributed by atoms with E-state index in [2.05, 4.69) is 17.6 Å². The van der Waals surface area contributed by atoms with Crippen LogP contribution in [0.25, 0.3) is 0 Å². The number of piperidine rings is 1.